The number of hydrogen-bond acceptors (Lipinski definition) is 5. The molecule has 3 heterocycles. The van der Waals surface area contributed by atoms with Crippen molar-refractivity contribution in [2.45, 2.75) is 38.0 Å². The zero-order valence-corrected chi connectivity index (χ0v) is 18.6. The second-order valence-corrected chi connectivity index (χ2v) is 9.05. The van der Waals surface area contributed by atoms with Gasteiger partial charge in [-0.15, -0.1) is 0 Å². The summed E-state index contributed by atoms with van der Waals surface area (Å²) in [7, 11) is 2.13. The van der Waals surface area contributed by atoms with Gasteiger partial charge in [0.25, 0.3) is 5.91 Å². The monoisotopic (exact) mass is 494 g/mol. The number of carbonyl (C=O) groups excluding carboxylic acids is 1. The third kappa shape index (κ3) is 4.26. The number of likely N-dealkylation sites (tertiary alicyclic amines) is 1. The van der Waals surface area contributed by atoms with E-state index in [2.05, 4.69) is 67.9 Å². The molecule has 0 saturated carbocycles. The van der Waals surface area contributed by atoms with Crippen LogP contribution in [0.1, 0.15) is 19.8 Å². The Hall–Kier alpha value is -1.45. The average Bonchev–Trinajstić information content (AvgIpc) is 2.70. The lowest BCUT2D eigenvalue weighted by molar-refractivity contribution is -0.138. The number of amides is 1. The van der Waals surface area contributed by atoms with E-state index in [0.717, 1.165) is 52.6 Å². The van der Waals surface area contributed by atoms with Crippen LogP contribution in [0.15, 0.2) is 30.5 Å². The number of aromatic nitrogens is 1. The molecule has 0 radical (unpaired) electrons. The van der Waals surface area contributed by atoms with Crippen LogP contribution < -0.4 is 10.2 Å². The van der Waals surface area contributed by atoms with Crippen molar-refractivity contribution < 1.29 is 9.53 Å². The molecule has 7 heteroatoms. The van der Waals surface area contributed by atoms with E-state index >= 15 is 0 Å². The van der Waals surface area contributed by atoms with Crippen LogP contribution in [-0.4, -0.2) is 67.3 Å². The molecule has 2 saturated heterocycles. The maximum absolute atomic E-state index is 12.9. The largest absolute Gasteiger partial charge is 0.365 e. The van der Waals surface area contributed by atoms with Crippen LogP contribution in [0.25, 0.3) is 10.9 Å². The Labute approximate surface area is 179 Å². The quantitative estimate of drug-likeness (QED) is 0.666. The number of ether oxygens (including phenoxy) is 1. The maximum atomic E-state index is 12.9. The van der Waals surface area contributed by atoms with Crippen LogP contribution in [-0.2, 0) is 9.53 Å². The molecule has 150 valence electrons. The van der Waals surface area contributed by atoms with E-state index < -0.39 is 6.10 Å². The van der Waals surface area contributed by atoms with Gasteiger partial charge in [0.05, 0.1) is 18.2 Å². The van der Waals surface area contributed by atoms with E-state index in [4.69, 9.17) is 4.74 Å². The molecule has 2 aliphatic heterocycles. The highest BCUT2D eigenvalue weighted by Gasteiger charge is 2.32. The van der Waals surface area contributed by atoms with Gasteiger partial charge in [0.1, 0.15) is 0 Å². The van der Waals surface area contributed by atoms with Crippen molar-refractivity contribution >= 4 is 45.1 Å². The summed E-state index contributed by atoms with van der Waals surface area (Å²) in [6.45, 7) is 5.42. The Morgan fingerprint density at radius 1 is 1.25 bits per heavy atom. The van der Waals surface area contributed by atoms with Gasteiger partial charge >= 0.3 is 0 Å². The molecule has 1 N–H and O–H groups in total. The van der Waals surface area contributed by atoms with E-state index in [0.29, 0.717) is 6.54 Å². The number of rotatable bonds is 3. The van der Waals surface area contributed by atoms with Crippen LogP contribution in [0, 0.1) is 3.57 Å². The van der Waals surface area contributed by atoms with Crippen LogP contribution in [0.5, 0.6) is 0 Å². The van der Waals surface area contributed by atoms with Crippen molar-refractivity contribution in [3.05, 3.63) is 34.0 Å². The number of nitrogens with one attached hydrogen (secondary N) is 1. The molecule has 0 unspecified atom stereocenters. The number of benzene rings is 1. The molecule has 2 aliphatic rings. The SMILES string of the molecule is C[C@@H]1CN(c2ccc(I)c3ncccc23)C[C@H](C(=O)NC2CCN(C)CC2)O1. The smallest absolute Gasteiger partial charge is 0.251 e. The lowest BCUT2D eigenvalue weighted by atomic mass is 10.0. The van der Waals surface area contributed by atoms with Crippen molar-refractivity contribution in [2.24, 2.45) is 0 Å². The van der Waals surface area contributed by atoms with Gasteiger partial charge in [0.2, 0.25) is 0 Å². The Balaban J connectivity index is 1.51. The molecule has 4 rings (SSSR count). The van der Waals surface area contributed by atoms with Crippen molar-refractivity contribution in [2.75, 3.05) is 38.1 Å². The van der Waals surface area contributed by atoms with Gasteiger partial charge in [0.15, 0.2) is 6.10 Å². The fourth-order valence-corrected chi connectivity index (χ4v) is 4.75. The summed E-state index contributed by atoms with van der Waals surface area (Å²) in [5.41, 5.74) is 2.13. The third-order valence-electron chi connectivity index (χ3n) is 5.66. The molecule has 1 amide bonds. The molecule has 6 nitrogen and oxygen atoms in total. The minimum Gasteiger partial charge on any atom is -0.365 e. The predicted molar refractivity (Wildman–Crippen MR) is 120 cm³/mol. The molecule has 28 heavy (non-hydrogen) atoms. The number of fused-ring (bicyclic) bond motifs is 1. The third-order valence-corrected chi connectivity index (χ3v) is 6.53. The fourth-order valence-electron chi connectivity index (χ4n) is 4.14. The zero-order chi connectivity index (χ0) is 19.7. The molecule has 1 aromatic carbocycles. The Bertz CT molecular complexity index is 853. The minimum atomic E-state index is -0.450. The molecule has 1 aromatic heterocycles. The fraction of sp³-hybridized carbons (Fsp3) is 0.524. The molecule has 2 fully saturated rings. The highest BCUT2D eigenvalue weighted by Crippen LogP contribution is 2.31. The van der Waals surface area contributed by atoms with E-state index in [1.165, 1.54) is 0 Å². The number of nitrogens with zero attached hydrogens (tertiary/aromatic N) is 3. The van der Waals surface area contributed by atoms with Gasteiger partial charge in [0, 0.05) is 33.4 Å². The molecule has 0 bridgehead atoms. The number of morpholine rings is 1. The van der Waals surface area contributed by atoms with Crippen molar-refractivity contribution in [3.63, 3.8) is 0 Å². The first kappa shape index (κ1) is 19.8. The van der Waals surface area contributed by atoms with Gasteiger partial charge in [-0.3, -0.25) is 9.78 Å². The van der Waals surface area contributed by atoms with Crippen molar-refractivity contribution in [3.8, 4) is 0 Å². The number of pyridine rings is 1. The summed E-state index contributed by atoms with van der Waals surface area (Å²) in [6, 6.07) is 8.56. The number of carbonyl (C=O) groups is 1. The van der Waals surface area contributed by atoms with E-state index in [1.807, 2.05) is 19.2 Å². The van der Waals surface area contributed by atoms with Crippen molar-refractivity contribution in [1.29, 1.82) is 0 Å². The zero-order valence-electron chi connectivity index (χ0n) is 16.4. The van der Waals surface area contributed by atoms with Crippen LogP contribution in [0.3, 0.4) is 0 Å². The number of hydrogen-bond donors (Lipinski definition) is 1. The van der Waals surface area contributed by atoms with Crippen LogP contribution >= 0.6 is 22.6 Å². The lowest BCUT2D eigenvalue weighted by Crippen LogP contribution is -2.55. The van der Waals surface area contributed by atoms with E-state index in [9.17, 15) is 4.79 Å². The summed E-state index contributed by atoms with van der Waals surface area (Å²) >= 11 is 2.32. The molecular formula is C21H27IN4O2. The van der Waals surface area contributed by atoms with Gasteiger partial charge in [-0.1, -0.05) is 0 Å². The Morgan fingerprint density at radius 3 is 2.82 bits per heavy atom. The maximum Gasteiger partial charge on any atom is 0.251 e. The van der Waals surface area contributed by atoms with Crippen LogP contribution in [0.4, 0.5) is 5.69 Å². The Morgan fingerprint density at radius 2 is 2.04 bits per heavy atom. The molecule has 0 aliphatic carbocycles. The molecule has 0 spiro atoms. The first-order valence-electron chi connectivity index (χ1n) is 9.94. The number of halogens is 1. The topological polar surface area (TPSA) is 57.7 Å². The first-order chi connectivity index (χ1) is 13.5. The molecule has 2 atom stereocenters. The lowest BCUT2D eigenvalue weighted by Gasteiger charge is -2.39. The Kier molecular flexibility index (Phi) is 6.03. The number of piperidine rings is 1. The van der Waals surface area contributed by atoms with E-state index in [-0.39, 0.29) is 18.1 Å². The second-order valence-electron chi connectivity index (χ2n) is 7.89. The van der Waals surface area contributed by atoms with Gasteiger partial charge < -0.3 is 19.9 Å². The first-order valence-corrected chi connectivity index (χ1v) is 11.0. The summed E-state index contributed by atoms with van der Waals surface area (Å²) in [5.74, 6) is 0.0130. The highest BCUT2D eigenvalue weighted by molar-refractivity contribution is 14.1. The van der Waals surface area contributed by atoms with Gasteiger partial charge in [-0.05, 0) is 86.8 Å². The average molecular weight is 494 g/mol. The second kappa shape index (κ2) is 8.51. The number of anilines is 1. The standard InChI is InChI=1S/C21H27IN4O2/c1-14-12-26(18-6-5-17(22)20-16(18)4-3-9-23-20)13-19(28-14)21(27)24-15-7-10-25(2)11-8-15/h3-6,9,14-15,19H,7-8,10-13H2,1-2H3,(H,24,27)/t14-,19-/m1/s1. The van der Waals surface area contributed by atoms with Gasteiger partial charge in [-0.2, -0.15) is 0 Å². The molecule has 2 aromatic rings. The predicted octanol–water partition coefficient (Wildman–Crippen LogP) is 2.64. The van der Waals surface area contributed by atoms with E-state index in [1.54, 1.807) is 0 Å². The minimum absolute atomic E-state index is 0.00649. The summed E-state index contributed by atoms with van der Waals surface area (Å²) < 4.78 is 7.15. The summed E-state index contributed by atoms with van der Waals surface area (Å²) in [4.78, 5) is 22.0. The molecular weight excluding hydrogens is 467 g/mol. The normalized spacial score (nSPS) is 24.5. The highest BCUT2D eigenvalue weighted by atomic mass is 127. The van der Waals surface area contributed by atoms with Gasteiger partial charge in [-0.25, -0.2) is 0 Å². The van der Waals surface area contributed by atoms with Crippen molar-refractivity contribution in [1.82, 2.24) is 15.2 Å². The summed E-state index contributed by atoms with van der Waals surface area (Å²) in [6.07, 6.45) is 3.37. The summed E-state index contributed by atoms with van der Waals surface area (Å²) in [5, 5.41) is 4.34. The van der Waals surface area contributed by atoms with Crippen LogP contribution in [0.2, 0.25) is 0 Å².